The molecule has 4 heteroatoms. The van der Waals surface area contributed by atoms with E-state index in [0.29, 0.717) is 11.9 Å². The van der Waals surface area contributed by atoms with E-state index in [-0.39, 0.29) is 0 Å². The fraction of sp³-hybridized carbons (Fsp3) is 0.857. The highest BCUT2D eigenvalue weighted by molar-refractivity contribution is 5.81. The predicted molar refractivity (Wildman–Crippen MR) is 75.1 cm³/mol. The fourth-order valence-corrected chi connectivity index (χ4v) is 2.48. The van der Waals surface area contributed by atoms with Crippen LogP contribution < -0.4 is 10.6 Å². The molecule has 0 aliphatic heterocycles. The van der Waals surface area contributed by atoms with Gasteiger partial charge in [-0.3, -0.25) is 10.3 Å². The van der Waals surface area contributed by atoms with Crippen molar-refractivity contribution in [1.29, 1.82) is 5.26 Å². The lowest BCUT2D eigenvalue weighted by Crippen LogP contribution is -2.35. The van der Waals surface area contributed by atoms with Crippen molar-refractivity contribution in [3.8, 4) is 6.19 Å². The van der Waals surface area contributed by atoms with Gasteiger partial charge in [0.05, 0.1) is 0 Å². The van der Waals surface area contributed by atoms with Crippen LogP contribution in [0.25, 0.3) is 0 Å². The summed E-state index contributed by atoms with van der Waals surface area (Å²) in [5.41, 5.74) is 0. The molecule has 0 heterocycles. The van der Waals surface area contributed by atoms with Crippen LogP contribution in [-0.4, -0.2) is 19.0 Å². The number of nitrogens with zero attached hydrogens (tertiary/aromatic N) is 2. The lowest BCUT2D eigenvalue weighted by atomic mass is 9.81. The van der Waals surface area contributed by atoms with Crippen molar-refractivity contribution >= 4 is 5.96 Å². The van der Waals surface area contributed by atoms with Crippen LogP contribution >= 0.6 is 0 Å². The molecule has 0 amide bonds. The first-order chi connectivity index (χ1) is 8.80. The Hall–Kier alpha value is -1.24. The zero-order valence-electron chi connectivity index (χ0n) is 11.7. The molecule has 102 valence electrons. The summed E-state index contributed by atoms with van der Waals surface area (Å²) in [5.74, 6) is 2.27. The minimum atomic E-state index is 0.636. The molecule has 1 fully saturated rings. The average Bonchev–Trinajstić information content (AvgIpc) is 2.42. The van der Waals surface area contributed by atoms with Gasteiger partial charge in [-0.2, -0.15) is 5.26 Å². The van der Waals surface area contributed by atoms with E-state index in [9.17, 15) is 0 Å². The highest BCUT2D eigenvalue weighted by Gasteiger charge is 2.19. The van der Waals surface area contributed by atoms with Gasteiger partial charge >= 0.3 is 0 Å². The molecule has 0 aromatic rings. The molecule has 1 aliphatic carbocycles. The molecule has 1 aliphatic rings. The summed E-state index contributed by atoms with van der Waals surface area (Å²) in [4.78, 5) is 4.50. The van der Waals surface area contributed by atoms with Gasteiger partial charge in [-0.25, -0.2) is 0 Å². The van der Waals surface area contributed by atoms with Crippen LogP contribution in [0.15, 0.2) is 4.99 Å². The van der Waals surface area contributed by atoms with E-state index in [2.05, 4.69) is 29.5 Å². The molecule has 1 rings (SSSR count). The first kappa shape index (κ1) is 14.8. The van der Waals surface area contributed by atoms with E-state index in [0.717, 1.165) is 25.4 Å². The van der Waals surface area contributed by atoms with Crippen LogP contribution in [0.3, 0.4) is 0 Å². The summed E-state index contributed by atoms with van der Waals surface area (Å²) in [6.07, 6.45) is 9.56. The van der Waals surface area contributed by atoms with Gasteiger partial charge in [0.25, 0.3) is 0 Å². The lowest BCUT2D eigenvalue weighted by Gasteiger charge is -2.26. The van der Waals surface area contributed by atoms with Gasteiger partial charge in [-0.1, -0.05) is 33.1 Å². The van der Waals surface area contributed by atoms with Crippen LogP contribution in [0.1, 0.15) is 52.4 Å². The van der Waals surface area contributed by atoms with Crippen LogP contribution in [0.5, 0.6) is 0 Å². The molecular weight excluding hydrogens is 224 g/mol. The summed E-state index contributed by atoms with van der Waals surface area (Å²) in [7, 11) is 0. The molecule has 0 spiro atoms. The Morgan fingerprint density at radius 1 is 1.22 bits per heavy atom. The van der Waals surface area contributed by atoms with E-state index in [1.54, 1.807) is 0 Å². The number of nitrogens with one attached hydrogen (secondary N) is 2. The molecule has 4 nitrogen and oxygen atoms in total. The number of hydrogen-bond donors (Lipinski definition) is 2. The second kappa shape index (κ2) is 8.79. The largest absolute Gasteiger partial charge is 0.356 e. The van der Waals surface area contributed by atoms with Crippen LogP contribution in [0.4, 0.5) is 0 Å². The quantitative estimate of drug-likeness (QED) is 0.341. The number of aliphatic imine (C=N–C) groups is 1. The third-order valence-corrected chi connectivity index (χ3v) is 3.77. The van der Waals surface area contributed by atoms with Crippen molar-refractivity contribution in [2.45, 2.75) is 52.4 Å². The van der Waals surface area contributed by atoms with E-state index < -0.39 is 0 Å². The van der Waals surface area contributed by atoms with Gasteiger partial charge in [0.2, 0.25) is 5.96 Å². The summed E-state index contributed by atoms with van der Waals surface area (Å²) >= 11 is 0. The highest BCUT2D eigenvalue weighted by Crippen LogP contribution is 2.30. The molecule has 0 unspecified atom stereocenters. The normalized spacial score (nSPS) is 24.4. The Bertz CT molecular complexity index is 285. The molecule has 0 radical (unpaired) electrons. The maximum absolute atomic E-state index is 8.66. The first-order valence-corrected chi connectivity index (χ1v) is 7.23. The first-order valence-electron chi connectivity index (χ1n) is 7.23. The Kier molecular flexibility index (Phi) is 7.24. The summed E-state index contributed by atoms with van der Waals surface area (Å²) < 4.78 is 0. The summed E-state index contributed by atoms with van der Waals surface area (Å²) in [5, 5.41) is 14.4. The van der Waals surface area contributed by atoms with Gasteiger partial charge in [0.1, 0.15) is 0 Å². The lowest BCUT2D eigenvalue weighted by molar-refractivity contribution is 0.274. The van der Waals surface area contributed by atoms with Crippen LogP contribution in [-0.2, 0) is 0 Å². The minimum Gasteiger partial charge on any atom is -0.356 e. The second-order valence-corrected chi connectivity index (χ2v) is 5.15. The van der Waals surface area contributed by atoms with E-state index in [1.807, 2.05) is 6.19 Å². The number of guanidine groups is 1. The predicted octanol–water partition coefficient (Wildman–Crippen LogP) is 2.63. The topological polar surface area (TPSA) is 60.2 Å². The van der Waals surface area contributed by atoms with Gasteiger partial charge in [-0.05, 0) is 31.1 Å². The van der Waals surface area contributed by atoms with E-state index in [4.69, 9.17) is 5.26 Å². The Morgan fingerprint density at radius 3 is 2.44 bits per heavy atom. The molecule has 1 saturated carbocycles. The van der Waals surface area contributed by atoms with Crippen molar-refractivity contribution in [3.63, 3.8) is 0 Å². The number of nitriles is 1. The Morgan fingerprint density at radius 2 is 1.89 bits per heavy atom. The molecule has 0 bridgehead atoms. The number of hydrogen-bond acceptors (Lipinski definition) is 2. The Balaban J connectivity index is 2.33. The van der Waals surface area contributed by atoms with Crippen molar-refractivity contribution in [3.05, 3.63) is 0 Å². The highest BCUT2D eigenvalue weighted by atomic mass is 15.2. The monoisotopic (exact) mass is 250 g/mol. The zero-order valence-corrected chi connectivity index (χ0v) is 11.7. The van der Waals surface area contributed by atoms with Crippen molar-refractivity contribution in [1.82, 2.24) is 10.6 Å². The molecule has 0 aromatic heterocycles. The molecule has 0 atom stereocenters. The van der Waals surface area contributed by atoms with Gasteiger partial charge in [0, 0.05) is 13.1 Å². The van der Waals surface area contributed by atoms with Gasteiger partial charge in [0.15, 0.2) is 6.19 Å². The minimum absolute atomic E-state index is 0.636. The third kappa shape index (κ3) is 5.39. The van der Waals surface area contributed by atoms with Gasteiger partial charge in [-0.15, -0.1) is 0 Å². The SMILES string of the molecule is CCCNC(=NCC1CCC(CC)CC1)NC#N. The fourth-order valence-electron chi connectivity index (χ4n) is 2.48. The Labute approximate surface area is 111 Å². The van der Waals surface area contributed by atoms with Crippen molar-refractivity contribution in [2.75, 3.05) is 13.1 Å². The van der Waals surface area contributed by atoms with Crippen molar-refractivity contribution in [2.24, 2.45) is 16.8 Å². The number of rotatable bonds is 5. The maximum atomic E-state index is 8.66. The molecule has 18 heavy (non-hydrogen) atoms. The molecule has 0 saturated heterocycles. The van der Waals surface area contributed by atoms with E-state index in [1.165, 1.54) is 32.1 Å². The third-order valence-electron chi connectivity index (χ3n) is 3.77. The average molecular weight is 250 g/mol. The molecule has 2 N–H and O–H groups in total. The second-order valence-electron chi connectivity index (χ2n) is 5.15. The van der Waals surface area contributed by atoms with E-state index >= 15 is 0 Å². The molecular formula is C14H26N4. The standard InChI is InChI=1S/C14H26N4/c1-3-9-16-14(18-11-15)17-10-13-7-5-12(4-2)6-8-13/h12-13H,3-10H2,1-2H3,(H2,16,17,18). The molecule has 0 aromatic carbocycles. The van der Waals surface area contributed by atoms with Gasteiger partial charge < -0.3 is 5.32 Å². The van der Waals surface area contributed by atoms with Crippen molar-refractivity contribution < 1.29 is 0 Å². The maximum Gasteiger partial charge on any atom is 0.204 e. The summed E-state index contributed by atoms with van der Waals surface area (Å²) in [6, 6.07) is 0. The van der Waals surface area contributed by atoms with Crippen LogP contribution in [0, 0.1) is 23.3 Å². The van der Waals surface area contributed by atoms with Crippen LogP contribution in [0.2, 0.25) is 0 Å². The summed E-state index contributed by atoms with van der Waals surface area (Å²) in [6.45, 7) is 6.09. The smallest absolute Gasteiger partial charge is 0.204 e. The zero-order chi connectivity index (χ0) is 13.2.